The van der Waals surface area contributed by atoms with Gasteiger partial charge >= 0.3 is 0 Å². The van der Waals surface area contributed by atoms with Crippen LogP contribution < -0.4 is 0 Å². The predicted octanol–water partition coefficient (Wildman–Crippen LogP) is 0.890. The van der Waals surface area contributed by atoms with E-state index in [-0.39, 0.29) is 23.5 Å². The zero-order chi connectivity index (χ0) is 12.5. The molecule has 0 bridgehead atoms. The van der Waals surface area contributed by atoms with Gasteiger partial charge in [0.1, 0.15) is 6.26 Å². The fraction of sp³-hybridized carbons (Fsp3) is 0.727. The third kappa shape index (κ3) is 2.69. The first-order chi connectivity index (χ1) is 8.03. The zero-order valence-electron chi connectivity index (χ0n) is 9.80. The molecule has 2 rings (SSSR count). The molecule has 0 saturated carbocycles. The van der Waals surface area contributed by atoms with E-state index >= 15 is 0 Å². The molecule has 17 heavy (non-hydrogen) atoms. The molecule has 1 fully saturated rings. The summed E-state index contributed by atoms with van der Waals surface area (Å²) < 4.78 is 28.6. The number of rotatable bonds is 4. The van der Waals surface area contributed by atoms with Crippen LogP contribution in [0.4, 0.5) is 0 Å². The summed E-state index contributed by atoms with van der Waals surface area (Å²) in [5.41, 5.74) is 0.679. The summed E-state index contributed by atoms with van der Waals surface area (Å²) in [6, 6.07) is 0. The number of oxazole rings is 1. The van der Waals surface area contributed by atoms with Gasteiger partial charge < -0.3 is 9.52 Å². The van der Waals surface area contributed by atoms with Gasteiger partial charge in [0.25, 0.3) is 0 Å². The van der Waals surface area contributed by atoms with E-state index in [4.69, 9.17) is 9.52 Å². The SMILES string of the molecule is CC(CO)c1coc(CC2CCCS2(=O)=O)n1. The maximum absolute atomic E-state index is 11.7. The average Bonchev–Trinajstić information content (AvgIpc) is 2.86. The third-order valence-electron chi connectivity index (χ3n) is 3.21. The summed E-state index contributed by atoms with van der Waals surface area (Å²) in [5, 5.41) is 8.64. The van der Waals surface area contributed by atoms with Crippen LogP contribution in [-0.4, -0.2) is 36.1 Å². The Bertz CT molecular complexity index is 479. The van der Waals surface area contributed by atoms with E-state index in [1.54, 1.807) is 0 Å². The Morgan fingerprint density at radius 3 is 3.00 bits per heavy atom. The fourth-order valence-electron chi connectivity index (χ4n) is 2.02. The standard InChI is InChI=1S/C11H17NO4S/c1-8(6-13)10-7-16-11(12-10)5-9-3-2-4-17(9,14)15/h7-9,13H,2-6H2,1H3. The molecule has 0 aliphatic carbocycles. The molecule has 1 saturated heterocycles. The first-order valence-corrected chi connectivity index (χ1v) is 7.51. The van der Waals surface area contributed by atoms with Gasteiger partial charge in [-0.15, -0.1) is 0 Å². The van der Waals surface area contributed by atoms with Crippen molar-refractivity contribution >= 4 is 9.84 Å². The molecule has 0 aromatic carbocycles. The number of aliphatic hydroxyl groups is 1. The minimum Gasteiger partial charge on any atom is -0.449 e. The number of nitrogens with zero attached hydrogens (tertiary/aromatic N) is 1. The molecule has 1 aromatic rings. The van der Waals surface area contributed by atoms with Gasteiger partial charge in [-0.1, -0.05) is 6.92 Å². The Hall–Kier alpha value is -0.880. The highest BCUT2D eigenvalue weighted by molar-refractivity contribution is 7.92. The number of aromatic nitrogens is 1. The van der Waals surface area contributed by atoms with Crippen LogP contribution in [0.5, 0.6) is 0 Å². The minimum absolute atomic E-state index is 0.00764. The molecule has 2 heterocycles. The lowest BCUT2D eigenvalue weighted by atomic mass is 10.1. The second-order valence-corrected chi connectivity index (χ2v) is 6.99. The minimum atomic E-state index is -2.95. The summed E-state index contributed by atoms with van der Waals surface area (Å²) in [5.74, 6) is 0.654. The van der Waals surface area contributed by atoms with Gasteiger partial charge in [0, 0.05) is 12.3 Å². The van der Waals surface area contributed by atoms with Crippen LogP contribution in [0.1, 0.15) is 37.3 Å². The Balaban J connectivity index is 2.07. The lowest BCUT2D eigenvalue weighted by Crippen LogP contribution is -2.18. The van der Waals surface area contributed by atoms with E-state index in [9.17, 15) is 8.42 Å². The predicted molar refractivity (Wildman–Crippen MR) is 62.5 cm³/mol. The molecule has 6 heteroatoms. The second kappa shape index (κ2) is 4.78. The van der Waals surface area contributed by atoms with Crippen molar-refractivity contribution in [2.45, 2.75) is 37.4 Å². The van der Waals surface area contributed by atoms with Crippen molar-refractivity contribution in [2.24, 2.45) is 0 Å². The maximum Gasteiger partial charge on any atom is 0.195 e. The van der Waals surface area contributed by atoms with Crippen LogP contribution in [0, 0.1) is 0 Å². The van der Waals surface area contributed by atoms with Crippen LogP contribution in [0.2, 0.25) is 0 Å². The summed E-state index contributed by atoms with van der Waals surface area (Å²) in [7, 11) is -2.95. The molecule has 1 aliphatic heterocycles. The van der Waals surface area contributed by atoms with Crippen LogP contribution in [0.3, 0.4) is 0 Å². The van der Waals surface area contributed by atoms with Crippen molar-refractivity contribution in [2.75, 3.05) is 12.4 Å². The quantitative estimate of drug-likeness (QED) is 0.868. The van der Waals surface area contributed by atoms with Crippen molar-refractivity contribution in [3.63, 3.8) is 0 Å². The van der Waals surface area contributed by atoms with Crippen LogP contribution in [-0.2, 0) is 16.3 Å². The van der Waals surface area contributed by atoms with Gasteiger partial charge in [0.15, 0.2) is 15.7 Å². The first kappa shape index (κ1) is 12.6. The van der Waals surface area contributed by atoms with Crippen LogP contribution in [0.15, 0.2) is 10.7 Å². The van der Waals surface area contributed by atoms with Crippen LogP contribution >= 0.6 is 0 Å². The zero-order valence-corrected chi connectivity index (χ0v) is 10.6. The van der Waals surface area contributed by atoms with E-state index in [2.05, 4.69) is 4.98 Å². The third-order valence-corrected chi connectivity index (χ3v) is 5.49. The summed E-state index contributed by atoms with van der Waals surface area (Å²) in [6.45, 7) is 1.85. The molecule has 0 amide bonds. The average molecular weight is 259 g/mol. The fourth-order valence-corrected chi connectivity index (χ4v) is 3.85. The van der Waals surface area contributed by atoms with Gasteiger partial charge in [-0.3, -0.25) is 0 Å². The molecule has 2 atom stereocenters. The van der Waals surface area contributed by atoms with Gasteiger partial charge in [-0.25, -0.2) is 13.4 Å². The number of aliphatic hydroxyl groups excluding tert-OH is 1. The molecular weight excluding hydrogens is 242 g/mol. The highest BCUT2D eigenvalue weighted by Gasteiger charge is 2.32. The monoisotopic (exact) mass is 259 g/mol. The van der Waals surface area contributed by atoms with Crippen molar-refractivity contribution in [1.29, 1.82) is 0 Å². The maximum atomic E-state index is 11.7. The Morgan fingerprint density at radius 2 is 2.41 bits per heavy atom. The molecule has 0 radical (unpaired) electrons. The van der Waals surface area contributed by atoms with Crippen molar-refractivity contribution < 1.29 is 17.9 Å². The number of sulfone groups is 1. The van der Waals surface area contributed by atoms with Gasteiger partial charge in [0.05, 0.1) is 23.3 Å². The normalized spacial score (nSPS) is 24.9. The topological polar surface area (TPSA) is 80.4 Å². The molecule has 0 spiro atoms. The van der Waals surface area contributed by atoms with Crippen molar-refractivity contribution in [3.05, 3.63) is 17.8 Å². The summed E-state index contributed by atoms with van der Waals surface area (Å²) >= 11 is 0. The molecule has 2 unspecified atom stereocenters. The van der Waals surface area contributed by atoms with Gasteiger partial charge in [-0.2, -0.15) is 0 Å². The highest BCUT2D eigenvalue weighted by atomic mass is 32.2. The lowest BCUT2D eigenvalue weighted by Gasteiger charge is -2.05. The van der Waals surface area contributed by atoms with E-state index in [0.29, 0.717) is 24.4 Å². The second-order valence-electron chi connectivity index (χ2n) is 4.59. The lowest BCUT2D eigenvalue weighted by molar-refractivity contribution is 0.271. The van der Waals surface area contributed by atoms with Crippen molar-refractivity contribution in [3.8, 4) is 0 Å². The Kier molecular flexibility index (Phi) is 3.53. The summed E-state index contributed by atoms with van der Waals surface area (Å²) in [6.07, 6.45) is 3.27. The molecule has 1 aromatic heterocycles. The molecule has 1 aliphatic rings. The molecule has 1 N–H and O–H groups in total. The molecule has 5 nitrogen and oxygen atoms in total. The first-order valence-electron chi connectivity index (χ1n) is 5.79. The van der Waals surface area contributed by atoms with Gasteiger partial charge in [0.2, 0.25) is 0 Å². The largest absolute Gasteiger partial charge is 0.449 e. The van der Waals surface area contributed by atoms with E-state index in [1.807, 2.05) is 6.92 Å². The number of hydrogen-bond acceptors (Lipinski definition) is 5. The van der Waals surface area contributed by atoms with Crippen LogP contribution in [0.25, 0.3) is 0 Å². The smallest absolute Gasteiger partial charge is 0.195 e. The van der Waals surface area contributed by atoms with Gasteiger partial charge in [-0.05, 0) is 12.8 Å². The van der Waals surface area contributed by atoms with E-state index in [0.717, 1.165) is 6.42 Å². The van der Waals surface area contributed by atoms with E-state index < -0.39 is 9.84 Å². The Morgan fingerprint density at radius 1 is 1.65 bits per heavy atom. The molecular formula is C11H17NO4S. The highest BCUT2D eigenvalue weighted by Crippen LogP contribution is 2.24. The Labute approximate surface area is 101 Å². The number of hydrogen-bond donors (Lipinski definition) is 1. The van der Waals surface area contributed by atoms with E-state index in [1.165, 1.54) is 6.26 Å². The summed E-state index contributed by atoms with van der Waals surface area (Å²) in [4.78, 5) is 4.22. The van der Waals surface area contributed by atoms with Crippen molar-refractivity contribution in [1.82, 2.24) is 4.98 Å². The molecule has 96 valence electrons.